The zero-order valence-corrected chi connectivity index (χ0v) is 17.6. The molecule has 1 aromatic carbocycles. The second-order valence-electron chi connectivity index (χ2n) is 7.83. The van der Waals surface area contributed by atoms with Gasteiger partial charge in [0.15, 0.2) is 0 Å². The van der Waals surface area contributed by atoms with Crippen LogP contribution in [-0.2, 0) is 16.1 Å². The van der Waals surface area contributed by atoms with E-state index in [4.69, 9.17) is 10.2 Å². The molecule has 1 aromatic heterocycles. The van der Waals surface area contributed by atoms with Gasteiger partial charge < -0.3 is 15.5 Å². The number of fused-ring (bicyclic) bond motifs is 1. The molecule has 2 aromatic rings. The predicted octanol–water partition coefficient (Wildman–Crippen LogP) is 3.16. The summed E-state index contributed by atoms with van der Waals surface area (Å²) in [5.41, 5.74) is 1.36. The van der Waals surface area contributed by atoms with Crippen molar-refractivity contribution in [2.45, 2.75) is 39.3 Å². The summed E-state index contributed by atoms with van der Waals surface area (Å²) in [7, 11) is 0. The lowest BCUT2D eigenvalue weighted by Crippen LogP contribution is -2.44. The molecule has 0 radical (unpaired) electrons. The van der Waals surface area contributed by atoms with Gasteiger partial charge in [0.1, 0.15) is 0 Å². The number of nitrogens with zero attached hydrogens (tertiary/aromatic N) is 2. The van der Waals surface area contributed by atoms with Gasteiger partial charge in [-0.05, 0) is 42.8 Å². The molecule has 0 spiro atoms. The van der Waals surface area contributed by atoms with E-state index < -0.39 is 11.9 Å². The van der Waals surface area contributed by atoms with Crippen LogP contribution in [0.2, 0.25) is 0 Å². The van der Waals surface area contributed by atoms with Gasteiger partial charge in [-0.15, -0.1) is 0 Å². The summed E-state index contributed by atoms with van der Waals surface area (Å²) in [4.78, 5) is 26.2. The predicted molar refractivity (Wildman–Crippen MR) is 117 cm³/mol. The lowest BCUT2D eigenvalue weighted by Gasteiger charge is -2.36. The molecule has 2 heterocycles. The van der Waals surface area contributed by atoms with Crippen molar-refractivity contribution in [3.05, 3.63) is 54.4 Å². The Balaban J connectivity index is 0.000000343. The fourth-order valence-electron chi connectivity index (χ4n) is 3.65. The van der Waals surface area contributed by atoms with Crippen LogP contribution in [0.1, 0.15) is 32.3 Å². The molecule has 7 nitrogen and oxygen atoms in total. The molecule has 162 valence electrons. The lowest BCUT2D eigenvalue weighted by atomic mass is 10.0. The van der Waals surface area contributed by atoms with E-state index in [1.54, 1.807) is 0 Å². The molecule has 0 aliphatic carbocycles. The Labute approximate surface area is 177 Å². The number of hydrogen-bond acceptors (Lipinski definition) is 5. The Kier molecular flexibility index (Phi) is 9.44. The number of nitrogens with one attached hydrogen (secondary N) is 1. The largest absolute Gasteiger partial charge is 0.478 e. The lowest BCUT2D eigenvalue weighted by molar-refractivity contribution is -0.134. The molecule has 3 N–H and O–H groups in total. The molecule has 1 fully saturated rings. The monoisotopic (exact) mass is 413 g/mol. The number of carboxylic acid groups (broad SMARTS) is 2. The molecule has 3 rings (SSSR count). The smallest absolute Gasteiger partial charge is 0.328 e. The van der Waals surface area contributed by atoms with Crippen molar-refractivity contribution in [2.75, 3.05) is 19.6 Å². The van der Waals surface area contributed by atoms with Gasteiger partial charge in [0, 0.05) is 49.1 Å². The first-order chi connectivity index (χ1) is 14.4. The van der Waals surface area contributed by atoms with Gasteiger partial charge in [0.2, 0.25) is 0 Å². The summed E-state index contributed by atoms with van der Waals surface area (Å²) in [6.07, 6.45) is 7.65. The number of carboxylic acids is 2. The fourth-order valence-corrected chi connectivity index (χ4v) is 3.65. The van der Waals surface area contributed by atoms with Crippen molar-refractivity contribution in [2.24, 2.45) is 5.92 Å². The highest BCUT2D eigenvalue weighted by Gasteiger charge is 2.22. The van der Waals surface area contributed by atoms with Crippen molar-refractivity contribution < 1.29 is 19.8 Å². The number of rotatable bonds is 7. The number of aliphatic carboxylic acids is 2. The van der Waals surface area contributed by atoms with Gasteiger partial charge in [-0.25, -0.2) is 9.59 Å². The third-order valence-electron chi connectivity index (χ3n) is 4.92. The first-order valence-electron chi connectivity index (χ1n) is 10.3. The van der Waals surface area contributed by atoms with Crippen molar-refractivity contribution >= 4 is 22.7 Å². The van der Waals surface area contributed by atoms with E-state index in [9.17, 15) is 9.59 Å². The van der Waals surface area contributed by atoms with E-state index in [-0.39, 0.29) is 0 Å². The molecule has 1 aliphatic heterocycles. The van der Waals surface area contributed by atoms with Crippen LogP contribution in [0, 0.1) is 5.92 Å². The Hall–Kier alpha value is -2.77. The van der Waals surface area contributed by atoms with Gasteiger partial charge in [-0.1, -0.05) is 38.1 Å². The van der Waals surface area contributed by atoms with Crippen LogP contribution in [0.15, 0.2) is 48.8 Å². The number of carbonyl (C=O) groups is 2. The molecule has 0 unspecified atom stereocenters. The number of pyridine rings is 1. The van der Waals surface area contributed by atoms with E-state index in [1.165, 1.54) is 29.2 Å². The van der Waals surface area contributed by atoms with Crippen molar-refractivity contribution in [1.82, 2.24) is 15.2 Å². The number of piperidine rings is 1. The molecule has 0 amide bonds. The van der Waals surface area contributed by atoms with E-state index in [1.807, 2.05) is 6.20 Å². The van der Waals surface area contributed by atoms with E-state index in [2.05, 4.69) is 59.5 Å². The number of hydrogen-bond donors (Lipinski definition) is 3. The van der Waals surface area contributed by atoms with Crippen LogP contribution in [0.5, 0.6) is 0 Å². The zero-order chi connectivity index (χ0) is 21.9. The van der Waals surface area contributed by atoms with Gasteiger partial charge >= 0.3 is 11.9 Å². The maximum absolute atomic E-state index is 9.55. The van der Waals surface area contributed by atoms with Crippen molar-refractivity contribution in [3.8, 4) is 0 Å². The highest BCUT2D eigenvalue weighted by atomic mass is 16.4. The van der Waals surface area contributed by atoms with Gasteiger partial charge in [0.05, 0.1) is 0 Å². The molecule has 7 heteroatoms. The van der Waals surface area contributed by atoms with E-state index in [0.717, 1.165) is 26.2 Å². The topological polar surface area (TPSA) is 103 Å². The minimum Gasteiger partial charge on any atom is -0.478 e. The van der Waals surface area contributed by atoms with Gasteiger partial charge in [-0.3, -0.25) is 9.88 Å². The van der Waals surface area contributed by atoms with Crippen LogP contribution in [0.3, 0.4) is 0 Å². The Morgan fingerprint density at radius 3 is 2.37 bits per heavy atom. The minimum atomic E-state index is -1.26. The minimum absolute atomic E-state index is 0.558. The summed E-state index contributed by atoms with van der Waals surface area (Å²) in [6.45, 7) is 9.09. The summed E-state index contributed by atoms with van der Waals surface area (Å²) in [5, 5.41) is 21.7. The summed E-state index contributed by atoms with van der Waals surface area (Å²) >= 11 is 0. The number of benzene rings is 1. The summed E-state index contributed by atoms with van der Waals surface area (Å²) in [5.74, 6) is -1.82. The van der Waals surface area contributed by atoms with Crippen LogP contribution in [0.25, 0.3) is 10.8 Å². The van der Waals surface area contributed by atoms with Gasteiger partial charge in [0.25, 0.3) is 0 Å². The van der Waals surface area contributed by atoms with Crippen LogP contribution in [-0.4, -0.2) is 57.7 Å². The van der Waals surface area contributed by atoms with Crippen LogP contribution >= 0.6 is 0 Å². The fraction of sp³-hybridized carbons (Fsp3) is 0.435. The quantitative estimate of drug-likeness (QED) is 0.599. The summed E-state index contributed by atoms with van der Waals surface area (Å²) < 4.78 is 0. The molecular formula is C23H31N3O4. The Morgan fingerprint density at radius 1 is 1.13 bits per heavy atom. The highest BCUT2D eigenvalue weighted by molar-refractivity contribution is 5.89. The van der Waals surface area contributed by atoms with Gasteiger partial charge in [-0.2, -0.15) is 0 Å². The first-order valence-corrected chi connectivity index (χ1v) is 10.3. The van der Waals surface area contributed by atoms with E-state index in [0.29, 0.717) is 24.1 Å². The highest BCUT2D eigenvalue weighted by Crippen LogP contribution is 2.22. The SMILES string of the molecule is CC(C)CN(Cc1cncc2ccccc12)C1CCNCC1.O=C(O)C=CC(=O)O. The third kappa shape index (κ3) is 7.93. The first kappa shape index (κ1) is 23.5. The second kappa shape index (κ2) is 12.0. The maximum atomic E-state index is 9.55. The second-order valence-corrected chi connectivity index (χ2v) is 7.83. The van der Waals surface area contributed by atoms with Crippen molar-refractivity contribution in [1.29, 1.82) is 0 Å². The normalized spacial score (nSPS) is 14.8. The molecule has 1 saturated heterocycles. The maximum Gasteiger partial charge on any atom is 0.328 e. The zero-order valence-electron chi connectivity index (χ0n) is 17.6. The molecular weight excluding hydrogens is 382 g/mol. The van der Waals surface area contributed by atoms with Crippen LogP contribution < -0.4 is 5.32 Å². The van der Waals surface area contributed by atoms with Crippen molar-refractivity contribution in [3.63, 3.8) is 0 Å². The number of aromatic nitrogens is 1. The molecule has 30 heavy (non-hydrogen) atoms. The van der Waals surface area contributed by atoms with E-state index >= 15 is 0 Å². The Morgan fingerprint density at radius 2 is 1.77 bits per heavy atom. The Bertz CT molecular complexity index is 839. The average molecular weight is 414 g/mol. The summed E-state index contributed by atoms with van der Waals surface area (Å²) in [6, 6.07) is 9.30. The average Bonchev–Trinajstić information content (AvgIpc) is 2.73. The third-order valence-corrected chi connectivity index (χ3v) is 4.92. The molecule has 1 aliphatic rings. The standard InChI is InChI=1S/C19H27N3.C4H4O4/c1-15(2)13-22(18-7-9-20-10-8-18)14-17-12-21-11-16-5-3-4-6-19(16)17;5-3(6)1-2-4(7)8/h3-6,11-12,15,18,20H,7-10,13-14H2,1-2H3;1-2H,(H,5,6)(H,7,8). The molecule has 0 atom stereocenters. The molecule has 0 saturated carbocycles. The molecule has 0 bridgehead atoms. The van der Waals surface area contributed by atoms with Crippen LogP contribution in [0.4, 0.5) is 0 Å².